The normalized spacial score (nSPS) is 12.2. The van der Waals surface area contributed by atoms with Crippen LogP contribution in [0.3, 0.4) is 0 Å². The predicted molar refractivity (Wildman–Crippen MR) is 143 cm³/mol. The van der Waals surface area contributed by atoms with E-state index in [1.54, 1.807) is 25.1 Å². The van der Waals surface area contributed by atoms with Gasteiger partial charge in [0.05, 0.1) is 27.0 Å². The molecule has 2 amide bonds. The summed E-state index contributed by atoms with van der Waals surface area (Å²) in [5.74, 6) is -1.71. The van der Waals surface area contributed by atoms with Gasteiger partial charge in [-0.25, -0.2) is 12.8 Å². The van der Waals surface area contributed by atoms with E-state index in [2.05, 4.69) is 5.32 Å². The Morgan fingerprint density at radius 1 is 1.03 bits per heavy atom. The molecule has 198 valence electrons. The van der Waals surface area contributed by atoms with Crippen LogP contribution in [0.15, 0.2) is 36.4 Å². The van der Waals surface area contributed by atoms with Crippen LogP contribution in [-0.4, -0.2) is 50.5 Å². The first-order valence-corrected chi connectivity index (χ1v) is 14.3. The molecule has 2 aromatic carbocycles. The number of unbranched alkanes of at least 4 members (excludes halogenated alkanes) is 1. The molecule has 1 N–H and O–H groups in total. The lowest BCUT2D eigenvalue weighted by Crippen LogP contribution is -2.52. The quantitative estimate of drug-likeness (QED) is 0.346. The number of benzene rings is 2. The molecule has 7 nitrogen and oxygen atoms in total. The zero-order chi connectivity index (χ0) is 27.0. The van der Waals surface area contributed by atoms with E-state index in [0.29, 0.717) is 17.1 Å². The highest BCUT2D eigenvalue weighted by Gasteiger charge is 2.32. The molecule has 0 heterocycles. The van der Waals surface area contributed by atoms with Crippen molar-refractivity contribution in [3.63, 3.8) is 0 Å². The summed E-state index contributed by atoms with van der Waals surface area (Å²) in [5.41, 5.74) is 0.625. The van der Waals surface area contributed by atoms with Crippen molar-refractivity contribution in [3.8, 4) is 0 Å². The second-order valence-corrected chi connectivity index (χ2v) is 11.3. The van der Waals surface area contributed by atoms with Gasteiger partial charge in [-0.1, -0.05) is 61.1 Å². The Morgan fingerprint density at radius 2 is 1.72 bits per heavy atom. The number of anilines is 1. The molecule has 2 aromatic rings. The van der Waals surface area contributed by atoms with Crippen LogP contribution in [0.2, 0.25) is 15.1 Å². The second kappa shape index (κ2) is 13.5. The topological polar surface area (TPSA) is 86.8 Å². The van der Waals surface area contributed by atoms with Crippen molar-refractivity contribution in [1.82, 2.24) is 10.2 Å². The first-order valence-electron chi connectivity index (χ1n) is 11.3. The molecular weight excluding hydrogens is 552 g/mol. The number of amides is 2. The fraction of sp³-hybridized carbons (Fsp3) is 0.417. The van der Waals surface area contributed by atoms with Gasteiger partial charge in [0.25, 0.3) is 0 Å². The van der Waals surface area contributed by atoms with E-state index in [0.717, 1.165) is 35.5 Å². The number of nitrogens with zero attached hydrogens (tertiary/aromatic N) is 2. The molecule has 2 rings (SSSR count). The number of sulfonamides is 1. The van der Waals surface area contributed by atoms with Crippen molar-refractivity contribution >= 4 is 62.3 Å². The number of nitrogens with one attached hydrogen (secondary N) is 1. The van der Waals surface area contributed by atoms with Crippen molar-refractivity contribution in [2.45, 2.75) is 45.7 Å². The van der Waals surface area contributed by atoms with Gasteiger partial charge in [0.2, 0.25) is 21.8 Å². The van der Waals surface area contributed by atoms with Gasteiger partial charge in [0.15, 0.2) is 0 Å². The Morgan fingerprint density at radius 3 is 2.28 bits per heavy atom. The molecule has 0 saturated heterocycles. The zero-order valence-electron chi connectivity index (χ0n) is 20.2. The third-order valence-electron chi connectivity index (χ3n) is 5.42. The van der Waals surface area contributed by atoms with E-state index < -0.39 is 34.3 Å². The van der Waals surface area contributed by atoms with Gasteiger partial charge in [-0.05, 0) is 48.7 Å². The number of hydrogen-bond donors (Lipinski definition) is 1. The smallest absolute Gasteiger partial charge is 0.244 e. The monoisotopic (exact) mass is 579 g/mol. The molecule has 12 heteroatoms. The van der Waals surface area contributed by atoms with Crippen LogP contribution in [0.5, 0.6) is 0 Å². The highest BCUT2D eigenvalue weighted by molar-refractivity contribution is 7.92. The minimum absolute atomic E-state index is 0.0167. The summed E-state index contributed by atoms with van der Waals surface area (Å²) in [5, 5.41) is 3.16. The maximum atomic E-state index is 13.7. The summed E-state index contributed by atoms with van der Waals surface area (Å²) in [6.45, 7) is 3.56. The van der Waals surface area contributed by atoms with Crippen molar-refractivity contribution in [1.29, 1.82) is 0 Å². The Kier molecular flexibility index (Phi) is 11.3. The molecule has 36 heavy (non-hydrogen) atoms. The van der Waals surface area contributed by atoms with E-state index in [4.69, 9.17) is 34.8 Å². The lowest BCUT2D eigenvalue weighted by Gasteiger charge is -2.33. The SMILES string of the molecule is CCCCNC(=O)C(CC)N(Cc1ccc(Cl)c(Cl)c1)C(=O)CN(c1ccc(F)c(Cl)c1)S(C)(=O)=O. The van der Waals surface area contributed by atoms with Crippen molar-refractivity contribution in [3.05, 3.63) is 62.8 Å². The summed E-state index contributed by atoms with van der Waals surface area (Å²) >= 11 is 18.0. The molecule has 0 radical (unpaired) electrons. The van der Waals surface area contributed by atoms with Crippen LogP contribution in [0.25, 0.3) is 0 Å². The van der Waals surface area contributed by atoms with E-state index in [1.165, 1.54) is 11.0 Å². The van der Waals surface area contributed by atoms with Gasteiger partial charge < -0.3 is 10.2 Å². The molecule has 1 atom stereocenters. The average Bonchev–Trinajstić information content (AvgIpc) is 2.80. The first-order chi connectivity index (χ1) is 16.9. The first kappa shape index (κ1) is 30.2. The van der Waals surface area contributed by atoms with Gasteiger partial charge in [-0.3, -0.25) is 13.9 Å². The molecule has 0 spiro atoms. The predicted octanol–water partition coefficient (Wildman–Crippen LogP) is 5.28. The van der Waals surface area contributed by atoms with Gasteiger partial charge in [-0.15, -0.1) is 0 Å². The summed E-state index contributed by atoms with van der Waals surface area (Å²) in [6, 6.07) is 7.32. The summed E-state index contributed by atoms with van der Waals surface area (Å²) in [7, 11) is -3.97. The second-order valence-electron chi connectivity index (χ2n) is 8.21. The average molecular weight is 581 g/mol. The molecule has 0 aromatic heterocycles. The lowest BCUT2D eigenvalue weighted by atomic mass is 10.1. The largest absolute Gasteiger partial charge is 0.354 e. The van der Waals surface area contributed by atoms with Crippen molar-refractivity contribution in [2.24, 2.45) is 0 Å². The summed E-state index contributed by atoms with van der Waals surface area (Å²) in [4.78, 5) is 27.9. The Balaban J connectivity index is 2.45. The van der Waals surface area contributed by atoms with Crippen LogP contribution in [0.4, 0.5) is 10.1 Å². The molecule has 1 unspecified atom stereocenters. The van der Waals surface area contributed by atoms with Gasteiger partial charge in [0.1, 0.15) is 18.4 Å². The maximum absolute atomic E-state index is 13.7. The highest BCUT2D eigenvalue weighted by atomic mass is 35.5. The molecule has 0 saturated carbocycles. The van der Waals surface area contributed by atoms with Crippen molar-refractivity contribution in [2.75, 3.05) is 23.7 Å². The Bertz CT molecular complexity index is 1200. The summed E-state index contributed by atoms with van der Waals surface area (Å²) < 4.78 is 39.7. The molecule has 0 fully saturated rings. The number of hydrogen-bond acceptors (Lipinski definition) is 4. The molecule has 0 bridgehead atoms. The number of carbonyl (C=O) groups excluding carboxylic acids is 2. The number of rotatable bonds is 12. The number of halogens is 4. The fourth-order valence-electron chi connectivity index (χ4n) is 3.51. The van der Waals surface area contributed by atoms with Crippen LogP contribution >= 0.6 is 34.8 Å². The van der Waals surface area contributed by atoms with E-state index in [9.17, 15) is 22.4 Å². The van der Waals surface area contributed by atoms with Crippen LogP contribution < -0.4 is 9.62 Å². The molecule has 0 aliphatic heterocycles. The van der Waals surface area contributed by atoms with Gasteiger partial charge in [-0.2, -0.15) is 0 Å². The minimum Gasteiger partial charge on any atom is -0.354 e. The lowest BCUT2D eigenvalue weighted by molar-refractivity contribution is -0.140. The number of carbonyl (C=O) groups is 2. The van der Waals surface area contributed by atoms with Crippen LogP contribution in [0.1, 0.15) is 38.7 Å². The van der Waals surface area contributed by atoms with Crippen LogP contribution in [-0.2, 0) is 26.2 Å². The Labute approximate surface area is 226 Å². The standard InChI is InChI=1S/C24H29Cl3FN3O4S/c1-4-6-11-29-24(33)22(5-2)30(14-16-7-9-18(25)19(26)12-16)23(32)15-31(36(3,34)35)17-8-10-21(28)20(27)13-17/h7-10,12-13,22H,4-6,11,14-15H2,1-3H3,(H,29,33). The van der Waals surface area contributed by atoms with Crippen LogP contribution in [0, 0.1) is 5.82 Å². The van der Waals surface area contributed by atoms with E-state index >= 15 is 0 Å². The maximum Gasteiger partial charge on any atom is 0.244 e. The third-order valence-corrected chi connectivity index (χ3v) is 7.59. The molecule has 0 aliphatic rings. The Hall–Kier alpha value is -2.07. The third kappa shape index (κ3) is 8.23. The van der Waals surface area contributed by atoms with Gasteiger partial charge >= 0.3 is 0 Å². The van der Waals surface area contributed by atoms with Crippen molar-refractivity contribution < 1.29 is 22.4 Å². The minimum atomic E-state index is -3.97. The van der Waals surface area contributed by atoms with E-state index in [1.807, 2.05) is 6.92 Å². The fourth-order valence-corrected chi connectivity index (χ4v) is 4.85. The van der Waals surface area contributed by atoms with Gasteiger partial charge in [0, 0.05) is 13.1 Å². The summed E-state index contributed by atoms with van der Waals surface area (Å²) in [6.07, 6.45) is 2.87. The molecule has 0 aliphatic carbocycles. The highest BCUT2D eigenvalue weighted by Crippen LogP contribution is 2.26. The zero-order valence-corrected chi connectivity index (χ0v) is 23.3. The molecular formula is C24H29Cl3FN3O4S. The van der Waals surface area contributed by atoms with E-state index in [-0.39, 0.29) is 34.6 Å².